The molecule has 10 heteroatoms. The summed E-state index contributed by atoms with van der Waals surface area (Å²) in [5.74, 6) is -5.61. The normalized spacial score (nSPS) is 11.7. The number of nitrogens with zero attached hydrogens (tertiary/aromatic N) is 1. The first-order valence-electron chi connectivity index (χ1n) is 9.76. The summed E-state index contributed by atoms with van der Waals surface area (Å²) in [4.78, 5) is 29.5. The van der Waals surface area contributed by atoms with Crippen LogP contribution in [-0.4, -0.2) is 28.7 Å². The SMILES string of the molecule is CCOC(=O)C(Cc1ccncc1)Sc1cc(C(=O)Nc2cc(F)c(F)c(F)c2)ccc1Cl. The van der Waals surface area contributed by atoms with Crippen molar-refractivity contribution in [3.63, 3.8) is 0 Å². The van der Waals surface area contributed by atoms with E-state index in [9.17, 15) is 22.8 Å². The molecule has 0 aliphatic carbocycles. The monoisotopic (exact) mass is 494 g/mol. The van der Waals surface area contributed by atoms with Crippen molar-refractivity contribution in [2.75, 3.05) is 11.9 Å². The summed E-state index contributed by atoms with van der Waals surface area (Å²) in [6, 6.07) is 9.25. The van der Waals surface area contributed by atoms with Gasteiger partial charge in [-0.15, -0.1) is 11.8 Å². The molecule has 0 aliphatic rings. The molecule has 0 bridgehead atoms. The van der Waals surface area contributed by atoms with Gasteiger partial charge in [0, 0.05) is 40.7 Å². The van der Waals surface area contributed by atoms with Crippen LogP contribution in [0.25, 0.3) is 0 Å². The molecule has 1 N–H and O–H groups in total. The van der Waals surface area contributed by atoms with E-state index in [0.29, 0.717) is 28.5 Å². The second-order valence-electron chi connectivity index (χ2n) is 6.77. The molecule has 0 aliphatic heterocycles. The Balaban J connectivity index is 1.82. The van der Waals surface area contributed by atoms with Crippen molar-refractivity contribution in [2.45, 2.75) is 23.5 Å². The Kier molecular flexibility index (Phi) is 8.35. The Morgan fingerprint density at radius 2 is 1.76 bits per heavy atom. The van der Waals surface area contributed by atoms with E-state index in [2.05, 4.69) is 10.3 Å². The van der Waals surface area contributed by atoms with Gasteiger partial charge in [0.25, 0.3) is 5.91 Å². The number of esters is 1. The van der Waals surface area contributed by atoms with E-state index in [-0.39, 0.29) is 17.9 Å². The van der Waals surface area contributed by atoms with Crippen LogP contribution in [0.2, 0.25) is 5.02 Å². The third-order valence-corrected chi connectivity index (χ3v) is 6.10. The van der Waals surface area contributed by atoms with Gasteiger partial charge < -0.3 is 10.1 Å². The standard InChI is InChI=1S/C23H18ClF3N2O3S/c1-2-32-23(31)20(9-13-5-7-28-8-6-13)33-19-10-14(3-4-16(19)24)22(30)29-15-11-17(25)21(27)18(26)12-15/h3-8,10-12,20H,2,9H2,1H3,(H,29,30). The zero-order valence-corrected chi connectivity index (χ0v) is 18.9. The lowest BCUT2D eigenvalue weighted by atomic mass is 10.1. The van der Waals surface area contributed by atoms with Crippen LogP contribution in [0.4, 0.5) is 18.9 Å². The predicted molar refractivity (Wildman–Crippen MR) is 120 cm³/mol. The molecule has 1 amide bonds. The smallest absolute Gasteiger partial charge is 0.319 e. The summed E-state index contributed by atoms with van der Waals surface area (Å²) in [6.45, 7) is 1.90. The minimum atomic E-state index is -1.63. The quantitative estimate of drug-likeness (QED) is 0.248. The van der Waals surface area contributed by atoms with Gasteiger partial charge in [0.05, 0.1) is 11.6 Å². The van der Waals surface area contributed by atoms with Crippen LogP contribution in [0.15, 0.2) is 59.8 Å². The number of rotatable bonds is 8. The number of halogens is 4. The summed E-state index contributed by atoms with van der Waals surface area (Å²) < 4.78 is 45.2. The number of thioether (sulfide) groups is 1. The summed E-state index contributed by atoms with van der Waals surface area (Å²) in [7, 11) is 0. The molecule has 0 spiro atoms. The Morgan fingerprint density at radius 3 is 2.39 bits per heavy atom. The van der Waals surface area contributed by atoms with Gasteiger partial charge in [-0.25, -0.2) is 13.2 Å². The van der Waals surface area contributed by atoms with Crippen LogP contribution in [0.1, 0.15) is 22.8 Å². The Morgan fingerprint density at radius 1 is 1.09 bits per heavy atom. The van der Waals surface area contributed by atoms with Gasteiger partial charge in [0.2, 0.25) is 0 Å². The molecule has 1 unspecified atom stereocenters. The minimum Gasteiger partial charge on any atom is -0.465 e. The number of ether oxygens (including phenoxy) is 1. The summed E-state index contributed by atoms with van der Waals surface area (Å²) in [5.41, 5.74) is 0.738. The van der Waals surface area contributed by atoms with Crippen LogP contribution in [0.3, 0.4) is 0 Å². The fourth-order valence-electron chi connectivity index (χ4n) is 2.86. The molecule has 0 fully saturated rings. The number of anilines is 1. The zero-order valence-electron chi connectivity index (χ0n) is 17.3. The minimum absolute atomic E-state index is 0.124. The Bertz CT molecular complexity index is 1140. The number of hydrogen-bond donors (Lipinski definition) is 1. The van der Waals surface area contributed by atoms with Gasteiger partial charge in [-0.1, -0.05) is 11.6 Å². The largest absolute Gasteiger partial charge is 0.465 e. The number of carbonyl (C=O) groups excluding carboxylic acids is 2. The maximum Gasteiger partial charge on any atom is 0.319 e. The highest BCUT2D eigenvalue weighted by Crippen LogP contribution is 2.33. The van der Waals surface area contributed by atoms with E-state index in [4.69, 9.17) is 16.3 Å². The molecule has 3 aromatic rings. The van der Waals surface area contributed by atoms with Crippen molar-refractivity contribution in [1.82, 2.24) is 4.98 Å². The van der Waals surface area contributed by atoms with E-state index in [1.807, 2.05) is 0 Å². The summed E-state index contributed by atoms with van der Waals surface area (Å²) in [6.07, 6.45) is 3.56. The van der Waals surface area contributed by atoms with Crippen molar-refractivity contribution in [3.05, 3.63) is 88.5 Å². The average Bonchev–Trinajstić information content (AvgIpc) is 2.79. The van der Waals surface area contributed by atoms with E-state index in [1.165, 1.54) is 18.2 Å². The van der Waals surface area contributed by atoms with E-state index < -0.39 is 34.6 Å². The van der Waals surface area contributed by atoms with E-state index >= 15 is 0 Å². The van der Waals surface area contributed by atoms with Crippen molar-refractivity contribution in [2.24, 2.45) is 0 Å². The van der Waals surface area contributed by atoms with Gasteiger partial charge in [0.15, 0.2) is 17.5 Å². The van der Waals surface area contributed by atoms with Crippen LogP contribution < -0.4 is 5.32 Å². The van der Waals surface area contributed by atoms with Gasteiger partial charge in [-0.2, -0.15) is 0 Å². The topological polar surface area (TPSA) is 68.3 Å². The van der Waals surface area contributed by atoms with E-state index in [1.54, 1.807) is 31.5 Å². The zero-order chi connectivity index (χ0) is 24.0. The molecule has 1 aromatic heterocycles. The van der Waals surface area contributed by atoms with Crippen molar-refractivity contribution in [3.8, 4) is 0 Å². The van der Waals surface area contributed by atoms with E-state index in [0.717, 1.165) is 17.3 Å². The molecule has 0 radical (unpaired) electrons. The van der Waals surface area contributed by atoms with Crippen LogP contribution in [-0.2, 0) is 16.0 Å². The molecular formula is C23H18ClF3N2O3S. The highest BCUT2D eigenvalue weighted by atomic mass is 35.5. The summed E-state index contributed by atoms with van der Waals surface area (Å²) >= 11 is 7.42. The molecule has 1 heterocycles. The highest BCUT2D eigenvalue weighted by molar-refractivity contribution is 8.00. The lowest BCUT2D eigenvalue weighted by molar-refractivity contribution is -0.142. The molecule has 3 rings (SSSR count). The molecule has 1 atom stereocenters. The maximum absolute atomic E-state index is 13.4. The van der Waals surface area contributed by atoms with Crippen molar-refractivity contribution >= 4 is 40.9 Å². The number of hydrogen-bond acceptors (Lipinski definition) is 5. The predicted octanol–water partition coefficient (Wildman–Crippen LogP) is 5.67. The second kappa shape index (κ2) is 11.2. The van der Waals surface area contributed by atoms with Gasteiger partial charge in [0.1, 0.15) is 5.25 Å². The lowest BCUT2D eigenvalue weighted by Crippen LogP contribution is -2.23. The molecule has 5 nitrogen and oxygen atoms in total. The third kappa shape index (κ3) is 6.49. The number of aromatic nitrogens is 1. The summed E-state index contributed by atoms with van der Waals surface area (Å²) in [5, 5.41) is 1.97. The Hall–Kier alpha value is -3.04. The molecule has 0 saturated heterocycles. The van der Waals surface area contributed by atoms with Crippen LogP contribution in [0.5, 0.6) is 0 Å². The fraction of sp³-hybridized carbons (Fsp3) is 0.174. The molecular weight excluding hydrogens is 477 g/mol. The molecule has 33 heavy (non-hydrogen) atoms. The number of carbonyl (C=O) groups is 2. The average molecular weight is 495 g/mol. The highest BCUT2D eigenvalue weighted by Gasteiger charge is 2.24. The molecule has 0 saturated carbocycles. The molecule has 172 valence electrons. The first-order valence-corrected chi connectivity index (χ1v) is 11.0. The van der Waals surface area contributed by atoms with Crippen LogP contribution >= 0.6 is 23.4 Å². The first kappa shape index (κ1) is 24.6. The van der Waals surface area contributed by atoms with Gasteiger partial charge in [-0.05, 0) is 49.2 Å². The van der Waals surface area contributed by atoms with Crippen LogP contribution in [0, 0.1) is 17.5 Å². The van der Waals surface area contributed by atoms with Crippen molar-refractivity contribution in [1.29, 1.82) is 0 Å². The number of nitrogens with one attached hydrogen (secondary N) is 1. The number of benzene rings is 2. The lowest BCUT2D eigenvalue weighted by Gasteiger charge is -2.17. The number of amides is 1. The fourth-order valence-corrected chi connectivity index (χ4v) is 4.23. The van der Waals surface area contributed by atoms with Gasteiger partial charge >= 0.3 is 5.97 Å². The second-order valence-corrected chi connectivity index (χ2v) is 8.42. The maximum atomic E-state index is 13.4. The third-order valence-electron chi connectivity index (χ3n) is 4.42. The van der Waals surface area contributed by atoms with Gasteiger partial charge in [-0.3, -0.25) is 14.6 Å². The number of pyridine rings is 1. The first-order chi connectivity index (χ1) is 15.8. The van der Waals surface area contributed by atoms with Crippen molar-refractivity contribution < 1.29 is 27.5 Å². The Labute approximate surface area is 197 Å². The molecule has 2 aromatic carbocycles.